The van der Waals surface area contributed by atoms with Crippen LogP contribution in [0.1, 0.15) is 0 Å². The molecular weight excluding hydrogens is 133 g/mol. The Morgan fingerprint density at radius 3 is 2.56 bits per heavy atom. The van der Waals surface area contributed by atoms with E-state index >= 15 is 0 Å². The first-order chi connectivity index (χ1) is 4.22. The second-order valence-electron chi connectivity index (χ2n) is 1.58. The molecule has 0 aromatic heterocycles. The molecule has 0 aliphatic carbocycles. The van der Waals surface area contributed by atoms with Crippen LogP contribution in [0.2, 0.25) is 0 Å². The minimum atomic E-state index is -1.99. The molecule has 2 nitrogen and oxygen atoms in total. The average molecular weight is 138 g/mol. The van der Waals surface area contributed by atoms with Gasteiger partial charge in [-0.15, -0.1) is 0 Å². The molecule has 52 valence electrons. The average Bonchev–Trinajstić information content (AvgIpc) is 1.83. The van der Waals surface area contributed by atoms with Crippen LogP contribution in [0.3, 0.4) is 0 Å². The summed E-state index contributed by atoms with van der Waals surface area (Å²) in [7, 11) is 0. The Morgan fingerprint density at radius 1 is 1.44 bits per heavy atom. The molecule has 0 aromatic rings. The zero-order chi connectivity index (χ0) is 6.85. The number of rotatable bonds is 0. The van der Waals surface area contributed by atoms with Crippen LogP contribution in [0.4, 0.5) is 13.2 Å². The fourth-order valence-electron chi connectivity index (χ4n) is 0.504. The summed E-state index contributed by atoms with van der Waals surface area (Å²) in [5, 5.41) is 3.96. The highest BCUT2D eigenvalue weighted by Crippen LogP contribution is 2.13. The van der Waals surface area contributed by atoms with Gasteiger partial charge in [0.1, 0.15) is 0 Å². The Hall–Kier alpha value is -0.710. The lowest BCUT2D eigenvalue weighted by Crippen LogP contribution is -2.40. The maximum atomic E-state index is 12.0. The third-order valence-corrected chi connectivity index (χ3v) is 0.957. The van der Waals surface area contributed by atoms with Crippen LogP contribution in [-0.4, -0.2) is 13.0 Å². The normalized spacial score (nSPS) is 28.1. The molecule has 1 aliphatic heterocycles. The second-order valence-corrected chi connectivity index (χ2v) is 1.58. The predicted molar refractivity (Wildman–Crippen MR) is 25.3 cm³/mol. The number of hydrogen-bond donors (Lipinski definition) is 2. The van der Waals surface area contributed by atoms with E-state index in [9.17, 15) is 13.2 Å². The van der Waals surface area contributed by atoms with Crippen molar-refractivity contribution in [2.45, 2.75) is 6.30 Å². The highest BCUT2D eigenvalue weighted by atomic mass is 19.2. The highest BCUT2D eigenvalue weighted by Gasteiger charge is 2.21. The summed E-state index contributed by atoms with van der Waals surface area (Å²) >= 11 is 0. The lowest BCUT2D eigenvalue weighted by atomic mass is 10.4. The molecule has 0 spiro atoms. The molecule has 0 aromatic carbocycles. The van der Waals surface area contributed by atoms with Crippen LogP contribution in [-0.2, 0) is 0 Å². The van der Waals surface area contributed by atoms with Crippen molar-refractivity contribution < 1.29 is 13.2 Å². The number of halogens is 3. The van der Waals surface area contributed by atoms with Crippen molar-refractivity contribution in [1.29, 1.82) is 0 Å². The molecule has 2 N–H and O–H groups in total. The molecule has 0 saturated carbocycles. The zero-order valence-corrected chi connectivity index (χ0v) is 4.42. The smallest absolute Gasteiger partial charge is 0.224 e. The first-order valence-electron chi connectivity index (χ1n) is 2.38. The van der Waals surface area contributed by atoms with E-state index in [2.05, 4.69) is 0 Å². The van der Waals surface area contributed by atoms with E-state index < -0.39 is 18.1 Å². The SMILES string of the molecule is FC1=C(F)C(F)NCN1. The first-order valence-corrected chi connectivity index (χ1v) is 2.38. The Morgan fingerprint density at radius 2 is 2.11 bits per heavy atom. The zero-order valence-electron chi connectivity index (χ0n) is 4.42. The van der Waals surface area contributed by atoms with Crippen LogP contribution < -0.4 is 10.6 Å². The maximum absolute atomic E-state index is 12.0. The summed E-state index contributed by atoms with van der Waals surface area (Å²) in [6.07, 6.45) is -1.99. The topological polar surface area (TPSA) is 24.1 Å². The molecule has 1 unspecified atom stereocenters. The van der Waals surface area contributed by atoms with Crippen molar-refractivity contribution >= 4 is 0 Å². The molecule has 1 atom stereocenters. The third kappa shape index (κ3) is 1.16. The van der Waals surface area contributed by atoms with Gasteiger partial charge in [-0.2, -0.15) is 4.39 Å². The Bertz CT molecular complexity index is 145. The number of alkyl halides is 1. The second kappa shape index (κ2) is 2.26. The quantitative estimate of drug-likeness (QED) is 0.477. The summed E-state index contributed by atoms with van der Waals surface area (Å²) in [5.74, 6) is -2.64. The van der Waals surface area contributed by atoms with Crippen molar-refractivity contribution in [2.24, 2.45) is 0 Å². The molecule has 5 heteroatoms. The fraction of sp³-hybridized carbons (Fsp3) is 0.500. The first kappa shape index (κ1) is 6.41. The van der Waals surface area contributed by atoms with Crippen LogP contribution in [0.5, 0.6) is 0 Å². The lowest BCUT2D eigenvalue weighted by molar-refractivity contribution is 0.229. The van der Waals surface area contributed by atoms with E-state index in [1.54, 1.807) is 0 Å². The molecule has 0 radical (unpaired) electrons. The number of nitrogens with one attached hydrogen (secondary N) is 2. The van der Waals surface area contributed by atoms with Gasteiger partial charge in [-0.05, 0) is 0 Å². The van der Waals surface area contributed by atoms with Gasteiger partial charge in [-0.25, -0.2) is 8.78 Å². The van der Waals surface area contributed by atoms with E-state index in [-0.39, 0.29) is 6.67 Å². The van der Waals surface area contributed by atoms with Crippen LogP contribution >= 0.6 is 0 Å². The summed E-state index contributed by atoms with van der Waals surface area (Å²) < 4.78 is 35.9. The lowest BCUT2D eigenvalue weighted by Gasteiger charge is -2.15. The monoisotopic (exact) mass is 138 g/mol. The summed E-state index contributed by atoms with van der Waals surface area (Å²) in [4.78, 5) is 0. The molecule has 0 saturated heterocycles. The van der Waals surface area contributed by atoms with E-state index in [1.807, 2.05) is 10.6 Å². The van der Waals surface area contributed by atoms with Gasteiger partial charge in [-0.3, -0.25) is 5.32 Å². The van der Waals surface area contributed by atoms with Gasteiger partial charge in [0.05, 0.1) is 6.67 Å². The Kier molecular flexibility index (Phi) is 1.61. The molecule has 9 heavy (non-hydrogen) atoms. The van der Waals surface area contributed by atoms with E-state index in [0.717, 1.165) is 0 Å². The molecule has 0 bridgehead atoms. The number of hydrogen-bond acceptors (Lipinski definition) is 2. The minimum absolute atomic E-state index is 0.0829. The molecule has 1 heterocycles. The summed E-state index contributed by atoms with van der Waals surface area (Å²) in [6, 6.07) is 0. The molecular formula is C4H5F3N2. The Labute approximate surface area is 49.7 Å². The minimum Gasteiger partial charge on any atom is -0.347 e. The Balaban J connectivity index is 2.72. The predicted octanol–water partition coefficient (Wildman–Crippen LogP) is 0.540. The van der Waals surface area contributed by atoms with Gasteiger partial charge in [0.25, 0.3) is 0 Å². The van der Waals surface area contributed by atoms with E-state index in [4.69, 9.17) is 0 Å². The van der Waals surface area contributed by atoms with Crippen molar-refractivity contribution in [3.63, 3.8) is 0 Å². The third-order valence-electron chi connectivity index (χ3n) is 0.957. The standard InChI is InChI=1S/C4H5F3N2/c5-2-3(6)8-1-9-4(2)7/h3,8-9H,1H2. The van der Waals surface area contributed by atoms with Crippen LogP contribution in [0.25, 0.3) is 0 Å². The van der Waals surface area contributed by atoms with Crippen LogP contribution in [0.15, 0.2) is 11.8 Å². The molecule has 1 aliphatic rings. The van der Waals surface area contributed by atoms with Crippen molar-refractivity contribution in [3.05, 3.63) is 11.8 Å². The maximum Gasteiger partial charge on any atom is 0.224 e. The van der Waals surface area contributed by atoms with Crippen molar-refractivity contribution in [1.82, 2.24) is 10.6 Å². The van der Waals surface area contributed by atoms with Crippen molar-refractivity contribution in [3.8, 4) is 0 Å². The molecule has 0 fully saturated rings. The summed E-state index contributed by atoms with van der Waals surface area (Å²) in [6.45, 7) is -0.0829. The van der Waals surface area contributed by atoms with Crippen LogP contribution in [0, 0.1) is 0 Å². The fourth-order valence-corrected chi connectivity index (χ4v) is 0.504. The van der Waals surface area contributed by atoms with Crippen molar-refractivity contribution in [2.75, 3.05) is 6.67 Å². The van der Waals surface area contributed by atoms with Gasteiger partial charge < -0.3 is 5.32 Å². The van der Waals surface area contributed by atoms with Gasteiger partial charge in [-0.1, -0.05) is 0 Å². The van der Waals surface area contributed by atoms with Gasteiger partial charge >= 0.3 is 0 Å². The summed E-state index contributed by atoms with van der Waals surface area (Å²) in [5.41, 5.74) is 0. The van der Waals surface area contributed by atoms with Gasteiger partial charge in [0, 0.05) is 0 Å². The molecule has 1 rings (SSSR count). The van der Waals surface area contributed by atoms with Gasteiger partial charge in [0.15, 0.2) is 0 Å². The molecule has 0 amide bonds. The largest absolute Gasteiger partial charge is 0.347 e. The van der Waals surface area contributed by atoms with E-state index in [1.165, 1.54) is 0 Å². The van der Waals surface area contributed by atoms with Gasteiger partial charge in [0.2, 0.25) is 18.1 Å². The van der Waals surface area contributed by atoms with E-state index in [0.29, 0.717) is 0 Å². The highest BCUT2D eigenvalue weighted by molar-refractivity contribution is 5.05.